The van der Waals surface area contributed by atoms with E-state index < -0.39 is 0 Å². The Kier molecular flexibility index (Phi) is 5.36. The third kappa shape index (κ3) is 3.87. The topological polar surface area (TPSA) is 50.7 Å². The van der Waals surface area contributed by atoms with E-state index >= 15 is 0 Å². The molecule has 4 nitrogen and oxygen atoms in total. The van der Waals surface area contributed by atoms with Crippen LogP contribution in [0.3, 0.4) is 0 Å². The van der Waals surface area contributed by atoms with Crippen molar-refractivity contribution in [2.24, 2.45) is 11.0 Å². The Balaban J connectivity index is 2.70. The van der Waals surface area contributed by atoms with Crippen molar-refractivity contribution in [3.05, 3.63) is 29.8 Å². The van der Waals surface area contributed by atoms with E-state index in [0.29, 0.717) is 11.5 Å². The number of ether oxygens (including phenoxy) is 1. The Labute approximate surface area is 108 Å². The fourth-order valence-corrected chi connectivity index (χ4v) is 1.55. The number of rotatable bonds is 5. The smallest absolute Gasteiger partial charge is 0.271 e. The second-order valence-corrected chi connectivity index (χ2v) is 4.28. The molecule has 0 unspecified atom stereocenters. The summed E-state index contributed by atoms with van der Waals surface area (Å²) in [6.45, 7) is 6.14. The lowest BCUT2D eigenvalue weighted by molar-refractivity contribution is 0.0954. The molecule has 1 N–H and O–H groups in total. The average molecular weight is 248 g/mol. The molecule has 18 heavy (non-hydrogen) atoms. The lowest BCUT2D eigenvalue weighted by Crippen LogP contribution is -2.21. The summed E-state index contributed by atoms with van der Waals surface area (Å²) in [5.41, 5.74) is 4.13. The van der Waals surface area contributed by atoms with E-state index in [1.54, 1.807) is 31.4 Å². The van der Waals surface area contributed by atoms with E-state index in [1.165, 1.54) is 0 Å². The third-order valence-corrected chi connectivity index (χ3v) is 2.68. The van der Waals surface area contributed by atoms with Gasteiger partial charge in [-0.25, -0.2) is 5.43 Å². The number of nitrogens with one attached hydrogen (secondary N) is 1. The van der Waals surface area contributed by atoms with E-state index in [1.807, 2.05) is 6.92 Å². The molecule has 0 saturated carbocycles. The van der Waals surface area contributed by atoms with E-state index in [0.717, 1.165) is 17.9 Å². The number of hydrazone groups is 1. The summed E-state index contributed by atoms with van der Waals surface area (Å²) >= 11 is 0. The molecule has 0 saturated heterocycles. The van der Waals surface area contributed by atoms with Crippen LogP contribution in [0, 0.1) is 5.92 Å². The molecular weight excluding hydrogens is 228 g/mol. The van der Waals surface area contributed by atoms with Crippen LogP contribution in [0.15, 0.2) is 29.4 Å². The van der Waals surface area contributed by atoms with Crippen LogP contribution in [0.2, 0.25) is 0 Å². The van der Waals surface area contributed by atoms with Crippen LogP contribution >= 0.6 is 0 Å². The number of methoxy groups -OCH3 is 1. The zero-order valence-electron chi connectivity index (χ0n) is 11.4. The van der Waals surface area contributed by atoms with Crippen LogP contribution in [0.4, 0.5) is 0 Å². The predicted molar refractivity (Wildman–Crippen MR) is 73.0 cm³/mol. The number of nitrogens with zero attached hydrogens (tertiary/aromatic N) is 1. The molecular formula is C14H20N2O2. The molecule has 98 valence electrons. The Morgan fingerprint density at radius 1 is 1.33 bits per heavy atom. The summed E-state index contributed by atoms with van der Waals surface area (Å²) in [4.78, 5) is 11.8. The molecule has 1 aromatic rings. The van der Waals surface area contributed by atoms with Crippen molar-refractivity contribution >= 4 is 11.6 Å². The van der Waals surface area contributed by atoms with Gasteiger partial charge >= 0.3 is 0 Å². The Morgan fingerprint density at radius 2 is 1.94 bits per heavy atom. The average Bonchev–Trinajstić information content (AvgIpc) is 2.39. The predicted octanol–water partition coefficient (Wildman–Crippen LogP) is 2.85. The van der Waals surface area contributed by atoms with Crippen LogP contribution in [0.1, 0.15) is 37.6 Å². The molecule has 0 heterocycles. The highest BCUT2D eigenvalue weighted by Crippen LogP contribution is 2.11. The monoisotopic (exact) mass is 248 g/mol. The summed E-state index contributed by atoms with van der Waals surface area (Å²) in [7, 11) is 1.59. The first-order valence-electron chi connectivity index (χ1n) is 6.09. The van der Waals surface area contributed by atoms with E-state index in [4.69, 9.17) is 4.74 Å². The molecule has 0 spiro atoms. The summed E-state index contributed by atoms with van der Waals surface area (Å²) < 4.78 is 5.04. The van der Waals surface area contributed by atoms with Gasteiger partial charge in [-0.3, -0.25) is 4.79 Å². The van der Waals surface area contributed by atoms with Crippen LogP contribution in [-0.2, 0) is 0 Å². The molecule has 0 aliphatic heterocycles. The van der Waals surface area contributed by atoms with Gasteiger partial charge in [0.1, 0.15) is 5.75 Å². The number of hydrogen-bond donors (Lipinski definition) is 1. The van der Waals surface area contributed by atoms with Gasteiger partial charge in [-0.05, 0) is 36.6 Å². The maximum Gasteiger partial charge on any atom is 0.271 e. The summed E-state index contributed by atoms with van der Waals surface area (Å²) in [6, 6.07) is 6.93. The van der Waals surface area contributed by atoms with E-state index in [2.05, 4.69) is 24.4 Å². The first-order chi connectivity index (χ1) is 8.58. The normalized spacial score (nSPS) is 11.5. The Hall–Kier alpha value is -1.84. The highest BCUT2D eigenvalue weighted by Gasteiger charge is 2.06. The maximum atomic E-state index is 11.8. The van der Waals surface area contributed by atoms with Crippen molar-refractivity contribution in [1.82, 2.24) is 5.43 Å². The van der Waals surface area contributed by atoms with Crippen LogP contribution < -0.4 is 10.2 Å². The summed E-state index contributed by atoms with van der Waals surface area (Å²) in [5.74, 6) is 0.863. The fourth-order valence-electron chi connectivity index (χ4n) is 1.55. The van der Waals surface area contributed by atoms with Gasteiger partial charge < -0.3 is 4.74 Å². The van der Waals surface area contributed by atoms with Gasteiger partial charge in [0.05, 0.1) is 7.11 Å². The van der Waals surface area contributed by atoms with Crippen LogP contribution in [0.25, 0.3) is 0 Å². The van der Waals surface area contributed by atoms with E-state index in [9.17, 15) is 4.79 Å². The van der Waals surface area contributed by atoms with Crippen molar-refractivity contribution in [2.75, 3.05) is 7.11 Å². The molecule has 1 rings (SSSR count). The fraction of sp³-hybridized carbons (Fsp3) is 0.429. The second-order valence-electron chi connectivity index (χ2n) is 4.28. The van der Waals surface area contributed by atoms with Gasteiger partial charge in [0, 0.05) is 11.3 Å². The van der Waals surface area contributed by atoms with Crippen molar-refractivity contribution in [3.8, 4) is 5.75 Å². The SMILES string of the molecule is CC/C(=N/NC(=O)c1ccc(OC)cc1)C(C)C. The molecule has 0 fully saturated rings. The standard InChI is InChI=1S/C14H20N2O2/c1-5-13(10(2)3)15-16-14(17)11-6-8-12(18-4)9-7-11/h6-10H,5H2,1-4H3,(H,16,17)/b15-13-. The van der Waals surface area contributed by atoms with Crippen molar-refractivity contribution in [3.63, 3.8) is 0 Å². The van der Waals surface area contributed by atoms with Crippen LogP contribution in [0.5, 0.6) is 5.75 Å². The lowest BCUT2D eigenvalue weighted by Gasteiger charge is -2.08. The number of amides is 1. The molecule has 0 bridgehead atoms. The molecule has 0 aliphatic carbocycles. The minimum Gasteiger partial charge on any atom is -0.497 e. The van der Waals surface area contributed by atoms with Gasteiger partial charge in [-0.1, -0.05) is 20.8 Å². The molecule has 4 heteroatoms. The Morgan fingerprint density at radius 3 is 2.39 bits per heavy atom. The molecule has 0 atom stereocenters. The molecule has 0 radical (unpaired) electrons. The summed E-state index contributed by atoms with van der Waals surface area (Å²) in [5, 5.41) is 4.15. The molecule has 1 aromatic carbocycles. The van der Waals surface area contributed by atoms with Crippen LogP contribution in [-0.4, -0.2) is 18.7 Å². The molecule has 0 aliphatic rings. The van der Waals surface area contributed by atoms with E-state index in [-0.39, 0.29) is 5.91 Å². The maximum absolute atomic E-state index is 11.8. The van der Waals surface area contributed by atoms with Gasteiger partial charge in [-0.2, -0.15) is 5.10 Å². The number of hydrogen-bond acceptors (Lipinski definition) is 3. The van der Waals surface area contributed by atoms with Gasteiger partial charge in [0.25, 0.3) is 5.91 Å². The second kappa shape index (κ2) is 6.79. The first kappa shape index (κ1) is 14.2. The van der Waals surface area contributed by atoms with Gasteiger partial charge in [0.2, 0.25) is 0 Å². The zero-order valence-corrected chi connectivity index (χ0v) is 11.4. The number of carbonyl (C=O) groups excluding carboxylic acids is 1. The minimum absolute atomic E-state index is 0.204. The van der Waals surface area contributed by atoms with Gasteiger partial charge in [-0.15, -0.1) is 0 Å². The zero-order chi connectivity index (χ0) is 13.5. The molecule has 1 amide bonds. The Bertz CT molecular complexity index is 422. The lowest BCUT2D eigenvalue weighted by atomic mass is 10.1. The quantitative estimate of drug-likeness (QED) is 0.643. The largest absolute Gasteiger partial charge is 0.497 e. The summed E-state index contributed by atoms with van der Waals surface area (Å²) in [6.07, 6.45) is 0.834. The van der Waals surface area contributed by atoms with Crippen molar-refractivity contribution < 1.29 is 9.53 Å². The first-order valence-corrected chi connectivity index (χ1v) is 6.09. The minimum atomic E-state index is -0.204. The van der Waals surface area contributed by atoms with Crippen molar-refractivity contribution in [1.29, 1.82) is 0 Å². The van der Waals surface area contributed by atoms with Gasteiger partial charge in [0.15, 0.2) is 0 Å². The number of benzene rings is 1. The highest BCUT2D eigenvalue weighted by atomic mass is 16.5. The van der Waals surface area contributed by atoms with Crippen molar-refractivity contribution in [2.45, 2.75) is 27.2 Å². The highest BCUT2D eigenvalue weighted by molar-refractivity contribution is 5.95. The third-order valence-electron chi connectivity index (χ3n) is 2.68. The number of carbonyl (C=O) groups is 1. The molecule has 0 aromatic heterocycles.